The molecule has 1 N–H and O–H groups in total. The Kier molecular flexibility index (Phi) is 5.55. The van der Waals surface area contributed by atoms with Gasteiger partial charge in [0.15, 0.2) is 0 Å². The Labute approximate surface area is 149 Å². The molecule has 0 atom stereocenters. The van der Waals surface area contributed by atoms with Crippen LogP contribution in [-0.4, -0.2) is 19.2 Å². The molecule has 0 aliphatic heterocycles. The van der Waals surface area contributed by atoms with Crippen molar-refractivity contribution in [3.63, 3.8) is 0 Å². The van der Waals surface area contributed by atoms with Gasteiger partial charge in [0.25, 0.3) is 21.6 Å². The zero-order valence-electron chi connectivity index (χ0n) is 13.0. The first-order valence-electron chi connectivity index (χ1n) is 6.94. The fourth-order valence-corrected chi connectivity index (χ4v) is 3.42. The number of nitrogens with one attached hydrogen (secondary N) is 1. The first-order valence-corrected chi connectivity index (χ1v) is 8.80. The molecule has 9 heteroatoms. The summed E-state index contributed by atoms with van der Waals surface area (Å²) in [7, 11) is -4.14. The second kappa shape index (κ2) is 7.45. The fraction of sp³-hybridized carbons (Fsp3) is 0.0625. The van der Waals surface area contributed by atoms with Crippen molar-refractivity contribution in [2.75, 3.05) is 0 Å². The molecule has 25 heavy (non-hydrogen) atoms. The van der Waals surface area contributed by atoms with E-state index in [1.165, 1.54) is 13.0 Å². The largest absolute Gasteiger partial charge is 0.269 e. The van der Waals surface area contributed by atoms with Gasteiger partial charge in [-0.3, -0.25) is 14.9 Å². The number of carbonyl (C=O) groups excluding carboxylic acids is 1. The number of hydrogen-bond donors (Lipinski definition) is 1. The number of non-ortho nitro benzene ring substituents is 1. The van der Waals surface area contributed by atoms with Gasteiger partial charge >= 0.3 is 0 Å². The van der Waals surface area contributed by atoms with Gasteiger partial charge in [0.05, 0.1) is 9.82 Å². The minimum atomic E-state index is -4.14. The van der Waals surface area contributed by atoms with E-state index in [2.05, 4.69) is 0 Å². The van der Waals surface area contributed by atoms with Crippen LogP contribution in [0.2, 0.25) is 5.02 Å². The smallest absolute Gasteiger partial charge is 0.269 e. The topological polar surface area (TPSA) is 106 Å². The molecule has 1 amide bonds. The first-order chi connectivity index (χ1) is 11.7. The highest BCUT2D eigenvalue weighted by molar-refractivity contribution is 7.90. The summed E-state index contributed by atoms with van der Waals surface area (Å²) in [4.78, 5) is 21.7. The zero-order chi connectivity index (χ0) is 18.6. The van der Waals surface area contributed by atoms with Crippen LogP contribution in [0.1, 0.15) is 11.1 Å². The molecule has 0 heterocycles. The highest BCUT2D eigenvalue weighted by atomic mass is 35.5. The Hall–Kier alpha value is -2.71. The number of amides is 1. The fourth-order valence-electron chi connectivity index (χ4n) is 2.05. The van der Waals surface area contributed by atoms with Crippen LogP contribution in [0.3, 0.4) is 0 Å². The average Bonchev–Trinajstić information content (AvgIpc) is 2.52. The minimum absolute atomic E-state index is 0.160. The van der Waals surface area contributed by atoms with Crippen molar-refractivity contribution in [1.82, 2.24) is 4.72 Å². The van der Waals surface area contributed by atoms with Crippen LogP contribution in [-0.2, 0) is 14.8 Å². The van der Waals surface area contributed by atoms with Crippen molar-refractivity contribution in [2.45, 2.75) is 11.8 Å². The van der Waals surface area contributed by atoms with Gasteiger partial charge in [-0.25, -0.2) is 13.1 Å². The van der Waals surface area contributed by atoms with E-state index in [4.69, 9.17) is 11.6 Å². The predicted molar refractivity (Wildman–Crippen MR) is 93.6 cm³/mol. The third-order valence-corrected chi connectivity index (χ3v) is 4.91. The van der Waals surface area contributed by atoms with Gasteiger partial charge < -0.3 is 0 Å². The average molecular weight is 381 g/mol. The molecular weight excluding hydrogens is 368 g/mol. The number of benzene rings is 2. The van der Waals surface area contributed by atoms with E-state index in [1.807, 2.05) is 4.72 Å². The number of nitrogens with zero attached hydrogens (tertiary/aromatic N) is 1. The molecule has 0 saturated carbocycles. The Morgan fingerprint density at radius 2 is 1.96 bits per heavy atom. The van der Waals surface area contributed by atoms with Gasteiger partial charge in [-0.15, -0.1) is 0 Å². The molecule has 0 saturated heterocycles. The van der Waals surface area contributed by atoms with Gasteiger partial charge in [-0.05, 0) is 42.3 Å². The molecule has 2 aromatic carbocycles. The number of carbonyl (C=O) groups is 1. The zero-order valence-corrected chi connectivity index (χ0v) is 14.5. The van der Waals surface area contributed by atoms with Gasteiger partial charge in [0.2, 0.25) is 0 Å². The minimum Gasteiger partial charge on any atom is -0.269 e. The maximum atomic E-state index is 12.3. The van der Waals surface area contributed by atoms with Gasteiger partial charge in [0.1, 0.15) is 0 Å². The number of rotatable bonds is 5. The van der Waals surface area contributed by atoms with E-state index in [0.29, 0.717) is 10.6 Å². The number of halogens is 1. The summed E-state index contributed by atoms with van der Waals surface area (Å²) in [5.74, 6) is -0.849. The second-order valence-corrected chi connectivity index (χ2v) is 7.15. The van der Waals surface area contributed by atoms with Crippen LogP contribution in [0.4, 0.5) is 5.69 Å². The highest BCUT2D eigenvalue weighted by Crippen LogP contribution is 2.21. The van der Waals surface area contributed by atoms with E-state index in [9.17, 15) is 23.3 Å². The van der Waals surface area contributed by atoms with Crippen molar-refractivity contribution >= 4 is 39.3 Å². The van der Waals surface area contributed by atoms with E-state index >= 15 is 0 Å². The SMILES string of the molecule is Cc1cc([N+](=O)[O-])ccc1S(=O)(=O)NC(=O)/C=C/c1cccc(Cl)c1. The summed E-state index contributed by atoms with van der Waals surface area (Å²) in [5, 5.41) is 11.2. The van der Waals surface area contributed by atoms with Gasteiger partial charge in [-0.1, -0.05) is 23.7 Å². The molecule has 130 valence electrons. The van der Waals surface area contributed by atoms with Crippen LogP contribution in [0.25, 0.3) is 6.08 Å². The monoisotopic (exact) mass is 380 g/mol. The maximum absolute atomic E-state index is 12.3. The van der Waals surface area contributed by atoms with E-state index in [-0.39, 0.29) is 16.1 Å². The van der Waals surface area contributed by atoms with Crippen LogP contribution >= 0.6 is 11.6 Å². The Balaban J connectivity index is 2.18. The molecule has 0 spiro atoms. The van der Waals surface area contributed by atoms with E-state index < -0.39 is 20.9 Å². The second-order valence-electron chi connectivity index (χ2n) is 5.06. The molecule has 0 radical (unpaired) electrons. The van der Waals surface area contributed by atoms with Crippen molar-refractivity contribution in [2.24, 2.45) is 0 Å². The lowest BCUT2D eigenvalue weighted by molar-refractivity contribution is -0.385. The number of hydrogen-bond acceptors (Lipinski definition) is 5. The number of nitro groups is 1. The van der Waals surface area contributed by atoms with Crippen molar-refractivity contribution in [3.05, 3.63) is 74.8 Å². The molecule has 2 rings (SSSR count). The summed E-state index contributed by atoms with van der Waals surface area (Å²) < 4.78 is 26.4. The van der Waals surface area contributed by atoms with E-state index in [1.54, 1.807) is 24.3 Å². The van der Waals surface area contributed by atoms with Crippen molar-refractivity contribution in [3.8, 4) is 0 Å². The Morgan fingerprint density at radius 3 is 2.56 bits per heavy atom. The number of sulfonamides is 1. The van der Waals surface area contributed by atoms with Crippen molar-refractivity contribution < 1.29 is 18.1 Å². The molecule has 0 aromatic heterocycles. The van der Waals surface area contributed by atoms with E-state index in [0.717, 1.165) is 24.3 Å². The maximum Gasteiger partial charge on any atom is 0.269 e. The van der Waals surface area contributed by atoms with Crippen LogP contribution in [0.15, 0.2) is 53.4 Å². The van der Waals surface area contributed by atoms with Crippen LogP contribution in [0, 0.1) is 17.0 Å². The van der Waals surface area contributed by atoms with Crippen molar-refractivity contribution in [1.29, 1.82) is 0 Å². The summed E-state index contributed by atoms with van der Waals surface area (Å²) >= 11 is 5.82. The molecule has 7 nitrogen and oxygen atoms in total. The first kappa shape index (κ1) is 18.6. The van der Waals surface area contributed by atoms with Gasteiger partial charge in [-0.2, -0.15) is 0 Å². The summed E-state index contributed by atoms with van der Waals surface area (Å²) in [6.45, 7) is 1.41. The lowest BCUT2D eigenvalue weighted by atomic mass is 10.2. The molecule has 0 bridgehead atoms. The molecule has 2 aromatic rings. The molecule has 0 unspecified atom stereocenters. The molecule has 0 aliphatic rings. The normalized spacial score (nSPS) is 11.4. The quantitative estimate of drug-likeness (QED) is 0.487. The molecular formula is C16H13ClN2O5S. The third-order valence-electron chi connectivity index (χ3n) is 3.17. The standard InChI is InChI=1S/C16H13ClN2O5S/c1-11-9-14(19(21)22)6-7-15(11)25(23,24)18-16(20)8-5-12-3-2-4-13(17)10-12/h2-10H,1H3,(H,18,20)/b8-5+. The lowest BCUT2D eigenvalue weighted by Crippen LogP contribution is -2.29. The highest BCUT2D eigenvalue weighted by Gasteiger charge is 2.20. The Bertz CT molecular complexity index is 970. The Morgan fingerprint density at radius 1 is 1.24 bits per heavy atom. The summed E-state index contributed by atoms with van der Waals surface area (Å²) in [5.41, 5.74) is 0.559. The third kappa shape index (κ3) is 4.88. The number of nitro benzene ring substituents is 1. The lowest BCUT2D eigenvalue weighted by Gasteiger charge is -2.07. The molecule has 0 aliphatic carbocycles. The van der Waals surface area contributed by atoms with Gasteiger partial charge in [0, 0.05) is 23.2 Å². The molecule has 0 fully saturated rings. The van der Waals surface area contributed by atoms with Crippen LogP contribution in [0.5, 0.6) is 0 Å². The summed E-state index contributed by atoms with van der Waals surface area (Å²) in [6.07, 6.45) is 2.48. The summed E-state index contributed by atoms with van der Waals surface area (Å²) in [6, 6.07) is 9.95. The van der Waals surface area contributed by atoms with Crippen LogP contribution < -0.4 is 4.72 Å². The predicted octanol–water partition coefficient (Wildman–Crippen LogP) is 3.07. The number of aryl methyl sites for hydroxylation is 1.